The van der Waals surface area contributed by atoms with E-state index >= 15 is 0 Å². The Morgan fingerprint density at radius 1 is 1.33 bits per heavy atom. The van der Waals surface area contributed by atoms with Crippen LogP contribution in [0.1, 0.15) is 59.8 Å². The highest BCUT2D eigenvalue weighted by Crippen LogP contribution is 2.46. The molecule has 1 rings (SSSR count). The van der Waals surface area contributed by atoms with E-state index < -0.39 is 0 Å². The summed E-state index contributed by atoms with van der Waals surface area (Å²) in [5.74, 6) is 1.87. The molecule has 72 valence electrons. The molecule has 0 N–H and O–H groups in total. The molecule has 0 amide bonds. The maximum atomic E-state index is 2.50. The molecular weight excluding hydrogens is 144 g/mol. The summed E-state index contributed by atoms with van der Waals surface area (Å²) in [6.45, 7) is 9.64. The summed E-state index contributed by atoms with van der Waals surface area (Å²) in [6.07, 6.45) is 7.25. The fourth-order valence-corrected chi connectivity index (χ4v) is 3.00. The fraction of sp³-hybridized carbons (Fsp3) is 1.00. The van der Waals surface area contributed by atoms with E-state index in [1.54, 1.807) is 0 Å². The Morgan fingerprint density at radius 3 is 2.42 bits per heavy atom. The Kier molecular flexibility index (Phi) is 3.20. The van der Waals surface area contributed by atoms with E-state index in [1.165, 1.54) is 32.1 Å². The van der Waals surface area contributed by atoms with Crippen LogP contribution in [-0.4, -0.2) is 0 Å². The van der Waals surface area contributed by atoms with Crippen LogP contribution in [0, 0.1) is 17.3 Å². The normalized spacial score (nSPS) is 37.2. The first-order valence-electron chi connectivity index (χ1n) is 5.60. The maximum Gasteiger partial charge on any atom is -0.0298 e. The lowest BCUT2D eigenvalue weighted by atomic mass is 9.62. The van der Waals surface area contributed by atoms with Crippen LogP contribution in [0.25, 0.3) is 0 Å². The van der Waals surface area contributed by atoms with Crippen molar-refractivity contribution in [2.45, 2.75) is 59.8 Å². The van der Waals surface area contributed by atoms with Gasteiger partial charge in [-0.3, -0.25) is 0 Å². The zero-order valence-corrected chi connectivity index (χ0v) is 9.19. The van der Waals surface area contributed by atoms with Crippen molar-refractivity contribution in [3.05, 3.63) is 0 Å². The molecule has 1 saturated carbocycles. The molecule has 1 aliphatic carbocycles. The lowest BCUT2D eigenvalue weighted by Crippen LogP contribution is -2.33. The second kappa shape index (κ2) is 3.81. The van der Waals surface area contributed by atoms with Crippen LogP contribution in [0.3, 0.4) is 0 Å². The second-order valence-electron chi connectivity index (χ2n) is 5.10. The zero-order valence-electron chi connectivity index (χ0n) is 9.19. The number of hydrogen-bond acceptors (Lipinski definition) is 0. The topological polar surface area (TPSA) is 0 Å². The van der Waals surface area contributed by atoms with Crippen molar-refractivity contribution in [2.75, 3.05) is 0 Å². The van der Waals surface area contributed by atoms with Crippen LogP contribution in [-0.2, 0) is 0 Å². The van der Waals surface area contributed by atoms with Gasteiger partial charge in [0, 0.05) is 0 Å². The average Bonchev–Trinajstić information content (AvgIpc) is 2.05. The summed E-state index contributed by atoms with van der Waals surface area (Å²) < 4.78 is 0. The van der Waals surface area contributed by atoms with Gasteiger partial charge in [-0.15, -0.1) is 0 Å². The Labute approximate surface area is 77.7 Å². The van der Waals surface area contributed by atoms with Crippen LogP contribution < -0.4 is 0 Å². The largest absolute Gasteiger partial charge is 0.0649 e. The van der Waals surface area contributed by atoms with Crippen LogP contribution in [0.5, 0.6) is 0 Å². The van der Waals surface area contributed by atoms with E-state index in [4.69, 9.17) is 0 Å². The molecule has 0 aromatic heterocycles. The minimum atomic E-state index is 0.659. The first kappa shape index (κ1) is 10.1. The first-order valence-corrected chi connectivity index (χ1v) is 5.60. The molecule has 1 fully saturated rings. The van der Waals surface area contributed by atoms with Gasteiger partial charge in [0.1, 0.15) is 0 Å². The Hall–Kier alpha value is 0. The molecule has 0 bridgehead atoms. The quantitative estimate of drug-likeness (QED) is 0.578. The van der Waals surface area contributed by atoms with E-state index in [0.717, 1.165) is 11.8 Å². The molecule has 2 atom stereocenters. The molecule has 0 radical (unpaired) electrons. The highest BCUT2D eigenvalue weighted by atomic mass is 14.4. The van der Waals surface area contributed by atoms with Gasteiger partial charge in [-0.25, -0.2) is 0 Å². The SMILES string of the molecule is CCC1(C)CCCCC1C(C)C. The van der Waals surface area contributed by atoms with E-state index in [-0.39, 0.29) is 0 Å². The summed E-state index contributed by atoms with van der Waals surface area (Å²) in [4.78, 5) is 0. The average molecular weight is 168 g/mol. The molecule has 0 heteroatoms. The fourth-order valence-electron chi connectivity index (χ4n) is 3.00. The van der Waals surface area contributed by atoms with Gasteiger partial charge in [0.2, 0.25) is 0 Å². The molecule has 0 saturated heterocycles. The summed E-state index contributed by atoms with van der Waals surface area (Å²) >= 11 is 0. The molecule has 1 aliphatic rings. The predicted octanol–water partition coefficient (Wildman–Crippen LogP) is 4.25. The van der Waals surface area contributed by atoms with Crippen LogP contribution in [0.15, 0.2) is 0 Å². The predicted molar refractivity (Wildman–Crippen MR) is 55.2 cm³/mol. The van der Waals surface area contributed by atoms with E-state index in [0.29, 0.717) is 5.41 Å². The van der Waals surface area contributed by atoms with Gasteiger partial charge in [0.15, 0.2) is 0 Å². The Bertz CT molecular complexity index is 137. The summed E-state index contributed by atoms with van der Waals surface area (Å²) in [5.41, 5.74) is 0.659. The van der Waals surface area contributed by atoms with Crippen molar-refractivity contribution in [3.8, 4) is 0 Å². The van der Waals surface area contributed by atoms with Gasteiger partial charge in [0.05, 0.1) is 0 Å². The Morgan fingerprint density at radius 2 is 2.00 bits per heavy atom. The van der Waals surface area contributed by atoms with Gasteiger partial charge in [-0.05, 0) is 30.1 Å². The molecule has 0 heterocycles. The third-order valence-corrected chi connectivity index (χ3v) is 4.02. The van der Waals surface area contributed by atoms with E-state index in [2.05, 4.69) is 27.7 Å². The summed E-state index contributed by atoms with van der Waals surface area (Å²) in [5, 5.41) is 0. The van der Waals surface area contributed by atoms with Crippen molar-refractivity contribution in [1.82, 2.24) is 0 Å². The van der Waals surface area contributed by atoms with Gasteiger partial charge in [-0.2, -0.15) is 0 Å². The molecule has 12 heavy (non-hydrogen) atoms. The number of rotatable bonds is 2. The maximum absolute atomic E-state index is 2.50. The lowest BCUT2D eigenvalue weighted by Gasteiger charge is -2.43. The standard InChI is InChI=1S/C12H24/c1-5-12(4)9-7-6-8-11(12)10(2)3/h10-11H,5-9H2,1-4H3. The van der Waals surface area contributed by atoms with Crippen LogP contribution >= 0.6 is 0 Å². The second-order valence-corrected chi connectivity index (χ2v) is 5.10. The van der Waals surface area contributed by atoms with Crippen LogP contribution in [0.4, 0.5) is 0 Å². The van der Waals surface area contributed by atoms with Crippen molar-refractivity contribution >= 4 is 0 Å². The van der Waals surface area contributed by atoms with Crippen molar-refractivity contribution in [2.24, 2.45) is 17.3 Å². The highest BCUT2D eigenvalue weighted by Gasteiger charge is 2.36. The zero-order chi connectivity index (χ0) is 9.19. The molecule has 0 aliphatic heterocycles. The smallest absolute Gasteiger partial charge is 0.0298 e. The summed E-state index contributed by atoms with van der Waals surface area (Å²) in [7, 11) is 0. The van der Waals surface area contributed by atoms with E-state index in [9.17, 15) is 0 Å². The monoisotopic (exact) mass is 168 g/mol. The summed E-state index contributed by atoms with van der Waals surface area (Å²) in [6, 6.07) is 0. The third-order valence-electron chi connectivity index (χ3n) is 4.02. The number of hydrogen-bond donors (Lipinski definition) is 0. The minimum Gasteiger partial charge on any atom is -0.0649 e. The molecular formula is C12H24. The van der Waals surface area contributed by atoms with Crippen molar-refractivity contribution < 1.29 is 0 Å². The molecule has 0 aromatic rings. The minimum absolute atomic E-state index is 0.659. The molecule has 0 nitrogen and oxygen atoms in total. The molecule has 0 aromatic carbocycles. The Balaban J connectivity index is 2.66. The van der Waals surface area contributed by atoms with Gasteiger partial charge >= 0.3 is 0 Å². The third kappa shape index (κ3) is 1.84. The molecule has 0 spiro atoms. The first-order chi connectivity index (χ1) is 5.60. The van der Waals surface area contributed by atoms with E-state index in [1.807, 2.05) is 0 Å². The van der Waals surface area contributed by atoms with Gasteiger partial charge < -0.3 is 0 Å². The molecule has 2 unspecified atom stereocenters. The highest BCUT2D eigenvalue weighted by molar-refractivity contribution is 4.86. The van der Waals surface area contributed by atoms with Crippen molar-refractivity contribution in [1.29, 1.82) is 0 Å². The lowest BCUT2D eigenvalue weighted by molar-refractivity contribution is 0.0723. The van der Waals surface area contributed by atoms with Crippen molar-refractivity contribution in [3.63, 3.8) is 0 Å². The van der Waals surface area contributed by atoms with Crippen LogP contribution in [0.2, 0.25) is 0 Å². The van der Waals surface area contributed by atoms with Gasteiger partial charge in [0.25, 0.3) is 0 Å². The van der Waals surface area contributed by atoms with Gasteiger partial charge in [-0.1, -0.05) is 47.0 Å².